The number of carbonyl (C=O) groups excluding carboxylic acids is 2. The van der Waals surface area contributed by atoms with Crippen LogP contribution in [0.5, 0.6) is 0 Å². The van der Waals surface area contributed by atoms with Crippen molar-refractivity contribution in [3.05, 3.63) is 70.4 Å². The van der Waals surface area contributed by atoms with E-state index in [0.29, 0.717) is 24.2 Å². The van der Waals surface area contributed by atoms with Gasteiger partial charge in [0.1, 0.15) is 9.77 Å². The largest absolute Gasteiger partial charge is 0.462 e. The molecule has 3 aromatic rings. The topological polar surface area (TPSA) is 84.0 Å². The first kappa shape index (κ1) is 24.1. The van der Waals surface area contributed by atoms with Crippen molar-refractivity contribution in [3.8, 4) is 11.1 Å². The van der Waals surface area contributed by atoms with Gasteiger partial charge in [-0.1, -0.05) is 30.3 Å². The van der Waals surface area contributed by atoms with Crippen molar-refractivity contribution in [2.75, 3.05) is 37.7 Å². The quantitative estimate of drug-likeness (QED) is 0.357. The van der Waals surface area contributed by atoms with Gasteiger partial charge in [0.05, 0.1) is 6.61 Å². The summed E-state index contributed by atoms with van der Waals surface area (Å²) in [6.45, 7) is 4.94. The number of Topliss-reactive ketones (excluding diaryl/α,β-unsaturated/α-hetero) is 1. The number of piperazine rings is 1. The molecule has 1 aromatic heterocycles. The molecular weight excluding hydrogens is 472 g/mol. The molecule has 2 aromatic carbocycles. The van der Waals surface area contributed by atoms with Gasteiger partial charge in [0.2, 0.25) is 10.0 Å². The number of rotatable bonds is 7. The van der Waals surface area contributed by atoms with Gasteiger partial charge in [0.15, 0.2) is 5.78 Å². The van der Waals surface area contributed by atoms with Gasteiger partial charge >= 0.3 is 5.97 Å². The second-order valence-electron chi connectivity index (χ2n) is 7.89. The number of ether oxygens (including phenoxy) is 1. The fourth-order valence-electron chi connectivity index (χ4n) is 3.98. The zero-order chi connectivity index (χ0) is 24.3. The third-order valence-electron chi connectivity index (χ3n) is 5.77. The zero-order valence-corrected chi connectivity index (χ0v) is 20.7. The molecule has 1 fully saturated rings. The van der Waals surface area contributed by atoms with E-state index in [1.54, 1.807) is 24.4 Å². The Morgan fingerprint density at radius 3 is 2.21 bits per heavy atom. The fourth-order valence-corrected chi connectivity index (χ4v) is 7.05. The van der Waals surface area contributed by atoms with E-state index < -0.39 is 16.0 Å². The summed E-state index contributed by atoms with van der Waals surface area (Å²) in [4.78, 5) is 26.4. The number of sulfonamides is 1. The Labute approximate surface area is 203 Å². The van der Waals surface area contributed by atoms with Crippen LogP contribution in [0.2, 0.25) is 0 Å². The van der Waals surface area contributed by atoms with Crippen LogP contribution in [0, 0.1) is 0 Å². The van der Waals surface area contributed by atoms with Crippen molar-refractivity contribution < 1.29 is 22.7 Å². The lowest BCUT2D eigenvalue weighted by atomic mass is 10.1. The SMILES string of the molecule is CCOC(=O)c1scc(-c2ccccc2)c1S(=O)(=O)N1CCN(c2ccc(C(C)=O)cc2)CC1. The molecular formula is C25H26N2O5S2. The average Bonchev–Trinajstić information content (AvgIpc) is 3.31. The third-order valence-corrected chi connectivity index (χ3v) is 8.84. The summed E-state index contributed by atoms with van der Waals surface area (Å²) in [5.41, 5.74) is 2.82. The fraction of sp³-hybridized carbons (Fsp3) is 0.280. The molecule has 0 saturated carbocycles. The summed E-state index contributed by atoms with van der Waals surface area (Å²) in [7, 11) is -3.94. The maximum absolute atomic E-state index is 13.8. The summed E-state index contributed by atoms with van der Waals surface area (Å²) in [6.07, 6.45) is 0. The van der Waals surface area contributed by atoms with Crippen molar-refractivity contribution in [1.82, 2.24) is 4.31 Å². The van der Waals surface area contributed by atoms with Crippen molar-refractivity contribution >= 4 is 38.8 Å². The van der Waals surface area contributed by atoms with Crippen molar-refractivity contribution in [2.24, 2.45) is 0 Å². The van der Waals surface area contributed by atoms with E-state index in [0.717, 1.165) is 22.6 Å². The minimum atomic E-state index is -3.94. The maximum Gasteiger partial charge on any atom is 0.349 e. The van der Waals surface area contributed by atoms with Crippen LogP contribution in [0.4, 0.5) is 5.69 Å². The molecule has 0 spiro atoms. The molecule has 0 radical (unpaired) electrons. The lowest BCUT2D eigenvalue weighted by Crippen LogP contribution is -2.48. The number of hydrogen-bond acceptors (Lipinski definition) is 7. The lowest BCUT2D eigenvalue weighted by Gasteiger charge is -2.35. The van der Waals surface area contributed by atoms with Crippen LogP contribution in [0.3, 0.4) is 0 Å². The van der Waals surface area contributed by atoms with Crippen molar-refractivity contribution in [2.45, 2.75) is 18.7 Å². The van der Waals surface area contributed by atoms with E-state index in [4.69, 9.17) is 4.74 Å². The molecule has 2 heterocycles. The average molecular weight is 499 g/mol. The van der Waals surface area contributed by atoms with E-state index in [9.17, 15) is 18.0 Å². The van der Waals surface area contributed by atoms with Crippen LogP contribution < -0.4 is 4.90 Å². The molecule has 34 heavy (non-hydrogen) atoms. The number of thiophene rings is 1. The zero-order valence-electron chi connectivity index (χ0n) is 19.1. The molecule has 1 aliphatic rings. The Morgan fingerprint density at radius 2 is 1.62 bits per heavy atom. The highest BCUT2D eigenvalue weighted by Crippen LogP contribution is 2.38. The van der Waals surface area contributed by atoms with Crippen molar-refractivity contribution in [1.29, 1.82) is 0 Å². The Kier molecular flexibility index (Phi) is 7.16. The molecule has 1 saturated heterocycles. The first-order chi connectivity index (χ1) is 16.3. The molecule has 7 nitrogen and oxygen atoms in total. The Morgan fingerprint density at radius 1 is 0.971 bits per heavy atom. The minimum absolute atomic E-state index is 0.00449. The van der Waals surface area contributed by atoms with E-state index in [2.05, 4.69) is 4.90 Å². The monoisotopic (exact) mass is 498 g/mol. The van der Waals surface area contributed by atoms with Gasteiger partial charge < -0.3 is 9.64 Å². The van der Waals surface area contributed by atoms with Gasteiger partial charge in [-0.25, -0.2) is 13.2 Å². The first-order valence-electron chi connectivity index (χ1n) is 11.0. The lowest BCUT2D eigenvalue weighted by molar-refractivity contribution is 0.0527. The summed E-state index contributed by atoms with van der Waals surface area (Å²) >= 11 is 1.09. The Bertz CT molecular complexity index is 1280. The van der Waals surface area contributed by atoms with E-state index >= 15 is 0 Å². The molecule has 1 aliphatic heterocycles. The van der Waals surface area contributed by atoms with Gasteiger partial charge in [-0.05, 0) is 43.7 Å². The molecule has 0 unspecified atom stereocenters. The second kappa shape index (κ2) is 10.1. The second-order valence-corrected chi connectivity index (χ2v) is 10.6. The number of ketones is 1. The Balaban J connectivity index is 1.61. The minimum Gasteiger partial charge on any atom is -0.462 e. The highest BCUT2D eigenvalue weighted by molar-refractivity contribution is 7.89. The van der Waals surface area contributed by atoms with Gasteiger partial charge in [-0.3, -0.25) is 4.79 Å². The summed E-state index contributed by atoms with van der Waals surface area (Å²) < 4.78 is 34.2. The molecule has 0 bridgehead atoms. The number of nitrogens with zero attached hydrogens (tertiary/aromatic N) is 2. The number of anilines is 1. The highest BCUT2D eigenvalue weighted by atomic mass is 32.2. The standard InChI is InChI=1S/C25H26N2O5S2/c1-3-32-25(29)23-24(22(17-33-23)20-7-5-4-6-8-20)34(30,31)27-15-13-26(14-16-27)21-11-9-19(10-12-21)18(2)28/h4-12,17H,3,13-16H2,1-2H3. The van der Waals surface area contributed by atoms with Crippen LogP contribution in [0.25, 0.3) is 11.1 Å². The predicted octanol–water partition coefficient (Wildman–Crippen LogP) is 4.31. The Hall–Kier alpha value is -3.01. The van der Waals surface area contributed by atoms with Crippen LogP contribution in [0.15, 0.2) is 64.9 Å². The third kappa shape index (κ3) is 4.77. The molecule has 9 heteroatoms. The number of carbonyl (C=O) groups is 2. The van der Waals surface area contributed by atoms with Crippen molar-refractivity contribution in [3.63, 3.8) is 0 Å². The van der Waals surface area contributed by atoms with Crippen LogP contribution in [-0.2, 0) is 14.8 Å². The van der Waals surface area contributed by atoms with Crippen LogP contribution >= 0.6 is 11.3 Å². The molecule has 0 amide bonds. The predicted molar refractivity (Wildman–Crippen MR) is 133 cm³/mol. The van der Waals surface area contributed by atoms with E-state index in [-0.39, 0.29) is 35.3 Å². The normalized spacial score (nSPS) is 14.7. The summed E-state index contributed by atoms with van der Waals surface area (Å²) in [5, 5.41) is 1.71. The highest BCUT2D eigenvalue weighted by Gasteiger charge is 2.36. The number of benzene rings is 2. The number of esters is 1. The van der Waals surface area contributed by atoms with Gasteiger partial charge in [-0.15, -0.1) is 11.3 Å². The first-order valence-corrected chi connectivity index (χ1v) is 13.3. The van der Waals surface area contributed by atoms with Gasteiger partial charge in [0.25, 0.3) is 0 Å². The molecule has 0 aliphatic carbocycles. The molecule has 0 atom stereocenters. The van der Waals surface area contributed by atoms with Gasteiger partial charge in [-0.2, -0.15) is 4.31 Å². The van der Waals surface area contributed by atoms with E-state index in [1.165, 1.54) is 11.2 Å². The van der Waals surface area contributed by atoms with Gasteiger partial charge in [0, 0.05) is 48.4 Å². The maximum atomic E-state index is 13.8. The molecule has 0 N–H and O–H groups in total. The van der Waals surface area contributed by atoms with Crippen LogP contribution in [-0.4, -0.2) is 57.3 Å². The van der Waals surface area contributed by atoms with Crippen LogP contribution in [0.1, 0.15) is 33.9 Å². The summed E-state index contributed by atoms with van der Waals surface area (Å²) in [5.74, 6) is -0.623. The molecule has 178 valence electrons. The number of hydrogen-bond donors (Lipinski definition) is 0. The van der Waals surface area contributed by atoms with E-state index in [1.807, 2.05) is 42.5 Å². The smallest absolute Gasteiger partial charge is 0.349 e. The summed E-state index contributed by atoms with van der Waals surface area (Å²) in [6, 6.07) is 16.5. The molecule has 4 rings (SSSR count).